The number of rotatable bonds is 2. The van der Waals surface area contributed by atoms with Crippen molar-refractivity contribution in [3.05, 3.63) is 33.9 Å². The second-order valence-electron chi connectivity index (χ2n) is 3.39. The fourth-order valence-electron chi connectivity index (χ4n) is 1.54. The van der Waals surface area contributed by atoms with E-state index in [2.05, 4.69) is 10.3 Å². The first-order valence-electron chi connectivity index (χ1n) is 4.87. The van der Waals surface area contributed by atoms with E-state index in [4.69, 9.17) is 23.2 Å². The van der Waals surface area contributed by atoms with E-state index in [-0.39, 0.29) is 5.91 Å². The lowest BCUT2D eigenvalue weighted by Crippen LogP contribution is -2.22. The van der Waals surface area contributed by atoms with Crippen LogP contribution >= 0.6 is 23.2 Å². The standard InChI is InChI=1S/C11H10Cl2N2O/c1-2-14-11(16)10-5-7-8(13)3-6(12)4-9(7)15-10/h3-5,15H,2H2,1H3,(H,14,16). The lowest BCUT2D eigenvalue weighted by molar-refractivity contribution is 0.0951. The van der Waals surface area contributed by atoms with Crippen LogP contribution in [0.1, 0.15) is 17.4 Å². The van der Waals surface area contributed by atoms with Crippen molar-refractivity contribution in [1.82, 2.24) is 10.3 Å². The van der Waals surface area contributed by atoms with E-state index in [1.165, 1.54) is 0 Å². The summed E-state index contributed by atoms with van der Waals surface area (Å²) in [6.45, 7) is 2.45. The van der Waals surface area contributed by atoms with Gasteiger partial charge in [0.25, 0.3) is 5.91 Å². The Morgan fingerprint density at radius 3 is 2.81 bits per heavy atom. The molecule has 0 bridgehead atoms. The number of hydrogen-bond donors (Lipinski definition) is 2. The molecule has 0 aliphatic heterocycles. The van der Waals surface area contributed by atoms with E-state index in [9.17, 15) is 4.79 Å². The van der Waals surface area contributed by atoms with Gasteiger partial charge in [0.2, 0.25) is 0 Å². The van der Waals surface area contributed by atoms with Crippen molar-refractivity contribution in [2.24, 2.45) is 0 Å². The summed E-state index contributed by atoms with van der Waals surface area (Å²) in [4.78, 5) is 14.6. The molecule has 3 nitrogen and oxygen atoms in total. The lowest BCUT2D eigenvalue weighted by Gasteiger charge is -1.96. The molecule has 0 spiro atoms. The molecule has 0 aliphatic rings. The van der Waals surface area contributed by atoms with Gasteiger partial charge in [-0.2, -0.15) is 0 Å². The van der Waals surface area contributed by atoms with Crippen LogP contribution in [-0.2, 0) is 0 Å². The molecule has 1 amide bonds. The second-order valence-corrected chi connectivity index (χ2v) is 4.23. The maximum Gasteiger partial charge on any atom is 0.267 e. The molecule has 1 aromatic carbocycles. The summed E-state index contributed by atoms with van der Waals surface area (Å²) in [5.41, 5.74) is 1.25. The average Bonchev–Trinajstić information content (AvgIpc) is 2.62. The number of halogens is 2. The molecule has 0 unspecified atom stereocenters. The molecule has 0 atom stereocenters. The Labute approximate surface area is 103 Å². The number of aromatic nitrogens is 1. The van der Waals surface area contributed by atoms with E-state index in [1.807, 2.05) is 6.92 Å². The van der Waals surface area contributed by atoms with Crippen LogP contribution in [0.3, 0.4) is 0 Å². The summed E-state index contributed by atoms with van der Waals surface area (Å²) >= 11 is 11.9. The van der Waals surface area contributed by atoms with Crippen LogP contribution in [0.2, 0.25) is 10.0 Å². The van der Waals surface area contributed by atoms with Crippen LogP contribution in [0.25, 0.3) is 10.9 Å². The molecule has 0 radical (unpaired) electrons. The second kappa shape index (κ2) is 4.36. The maximum atomic E-state index is 11.6. The Hall–Kier alpha value is -1.19. The van der Waals surface area contributed by atoms with Crippen LogP contribution in [-0.4, -0.2) is 17.4 Å². The highest BCUT2D eigenvalue weighted by Gasteiger charge is 2.10. The molecule has 0 aliphatic carbocycles. The third-order valence-electron chi connectivity index (χ3n) is 2.23. The van der Waals surface area contributed by atoms with Gasteiger partial charge in [0.05, 0.1) is 5.02 Å². The van der Waals surface area contributed by atoms with Crippen LogP contribution in [0.5, 0.6) is 0 Å². The SMILES string of the molecule is CCNC(=O)c1cc2c(Cl)cc(Cl)cc2[nH]1. The van der Waals surface area contributed by atoms with Gasteiger partial charge in [0, 0.05) is 22.5 Å². The molecular formula is C11H10Cl2N2O. The number of aromatic amines is 1. The number of hydrogen-bond acceptors (Lipinski definition) is 1. The van der Waals surface area contributed by atoms with E-state index in [0.717, 1.165) is 10.9 Å². The van der Waals surface area contributed by atoms with Crippen molar-refractivity contribution < 1.29 is 4.79 Å². The smallest absolute Gasteiger partial charge is 0.267 e. The summed E-state index contributed by atoms with van der Waals surface area (Å²) in [5, 5.41) is 4.59. The zero-order chi connectivity index (χ0) is 11.7. The number of H-pyrrole nitrogens is 1. The van der Waals surface area contributed by atoms with E-state index >= 15 is 0 Å². The van der Waals surface area contributed by atoms with Gasteiger partial charge in [-0.3, -0.25) is 4.79 Å². The van der Waals surface area contributed by atoms with Gasteiger partial charge in [0.1, 0.15) is 5.69 Å². The van der Waals surface area contributed by atoms with Crippen molar-refractivity contribution in [3.63, 3.8) is 0 Å². The van der Waals surface area contributed by atoms with Gasteiger partial charge in [-0.15, -0.1) is 0 Å². The molecule has 0 fully saturated rings. The van der Waals surface area contributed by atoms with Crippen LogP contribution in [0.4, 0.5) is 0 Å². The maximum absolute atomic E-state index is 11.6. The normalized spacial score (nSPS) is 10.7. The molecule has 2 N–H and O–H groups in total. The minimum atomic E-state index is -0.147. The van der Waals surface area contributed by atoms with Crippen molar-refractivity contribution >= 4 is 40.0 Å². The fraction of sp³-hybridized carbons (Fsp3) is 0.182. The van der Waals surface area contributed by atoms with Crippen LogP contribution in [0, 0.1) is 0 Å². The number of fused-ring (bicyclic) bond motifs is 1. The predicted molar refractivity (Wildman–Crippen MR) is 66.3 cm³/mol. The average molecular weight is 257 g/mol. The molecule has 0 saturated heterocycles. The van der Waals surface area contributed by atoms with Gasteiger partial charge >= 0.3 is 0 Å². The molecule has 1 aromatic heterocycles. The number of nitrogens with one attached hydrogen (secondary N) is 2. The Balaban J connectivity index is 2.51. The highest BCUT2D eigenvalue weighted by atomic mass is 35.5. The zero-order valence-corrected chi connectivity index (χ0v) is 10.1. The number of benzene rings is 1. The third kappa shape index (κ3) is 2.01. The van der Waals surface area contributed by atoms with Gasteiger partial charge in [-0.1, -0.05) is 23.2 Å². The first-order chi connectivity index (χ1) is 7.61. The minimum Gasteiger partial charge on any atom is -0.351 e. The predicted octanol–water partition coefficient (Wildman–Crippen LogP) is 3.22. The van der Waals surface area contributed by atoms with E-state index in [1.54, 1.807) is 18.2 Å². The largest absolute Gasteiger partial charge is 0.351 e. The number of carbonyl (C=O) groups is 1. The summed E-state index contributed by atoms with van der Waals surface area (Å²) in [6.07, 6.45) is 0. The first kappa shape index (κ1) is 11.3. The van der Waals surface area contributed by atoms with Gasteiger partial charge in [-0.05, 0) is 25.1 Å². The number of amides is 1. The number of carbonyl (C=O) groups excluding carboxylic acids is 1. The quantitative estimate of drug-likeness (QED) is 0.852. The molecule has 2 aromatic rings. The van der Waals surface area contributed by atoms with Crippen LogP contribution < -0.4 is 5.32 Å². The highest BCUT2D eigenvalue weighted by Crippen LogP contribution is 2.28. The van der Waals surface area contributed by atoms with Crippen molar-refractivity contribution in [2.45, 2.75) is 6.92 Å². The lowest BCUT2D eigenvalue weighted by atomic mass is 10.2. The molecule has 2 rings (SSSR count). The van der Waals surface area contributed by atoms with Crippen LogP contribution in [0.15, 0.2) is 18.2 Å². The highest BCUT2D eigenvalue weighted by molar-refractivity contribution is 6.38. The Kier molecular flexibility index (Phi) is 3.08. The molecule has 16 heavy (non-hydrogen) atoms. The van der Waals surface area contributed by atoms with Gasteiger partial charge < -0.3 is 10.3 Å². The van der Waals surface area contributed by atoms with E-state index < -0.39 is 0 Å². The topological polar surface area (TPSA) is 44.9 Å². The van der Waals surface area contributed by atoms with Crippen molar-refractivity contribution in [2.75, 3.05) is 6.54 Å². The zero-order valence-electron chi connectivity index (χ0n) is 8.60. The van der Waals surface area contributed by atoms with Gasteiger partial charge in [-0.25, -0.2) is 0 Å². The van der Waals surface area contributed by atoms with Crippen molar-refractivity contribution in [1.29, 1.82) is 0 Å². The summed E-state index contributed by atoms with van der Waals surface area (Å²) in [7, 11) is 0. The Morgan fingerprint density at radius 2 is 2.12 bits per heavy atom. The first-order valence-corrected chi connectivity index (χ1v) is 5.63. The van der Waals surface area contributed by atoms with Crippen molar-refractivity contribution in [3.8, 4) is 0 Å². The fourth-order valence-corrected chi connectivity index (χ4v) is 2.09. The Morgan fingerprint density at radius 1 is 1.38 bits per heavy atom. The monoisotopic (exact) mass is 256 g/mol. The minimum absolute atomic E-state index is 0.147. The molecule has 5 heteroatoms. The van der Waals surface area contributed by atoms with Gasteiger partial charge in [0.15, 0.2) is 0 Å². The molecule has 1 heterocycles. The molecular weight excluding hydrogens is 247 g/mol. The summed E-state index contributed by atoms with van der Waals surface area (Å²) < 4.78 is 0. The summed E-state index contributed by atoms with van der Waals surface area (Å²) in [6, 6.07) is 5.12. The van der Waals surface area contributed by atoms with E-state index in [0.29, 0.717) is 22.3 Å². The molecule has 84 valence electrons. The summed E-state index contributed by atoms with van der Waals surface area (Å²) in [5.74, 6) is -0.147. The molecule has 0 saturated carbocycles. The third-order valence-corrected chi connectivity index (χ3v) is 2.77. The Bertz CT molecular complexity index is 548.